The minimum atomic E-state index is 0.223. The van der Waals surface area contributed by atoms with Gasteiger partial charge in [-0.2, -0.15) is 0 Å². The molecule has 0 aromatic rings. The zero-order chi connectivity index (χ0) is 12.8. The number of nitrogens with one attached hydrogen (secondary N) is 1. The second-order valence-corrected chi connectivity index (χ2v) is 4.95. The Bertz CT molecular complexity index is 261. The summed E-state index contributed by atoms with van der Waals surface area (Å²) < 4.78 is 11.0. The molecule has 1 N–H and O–H groups in total. The molecule has 2 aliphatic heterocycles. The van der Waals surface area contributed by atoms with Gasteiger partial charge in [0.15, 0.2) is 0 Å². The summed E-state index contributed by atoms with van der Waals surface area (Å²) in [6, 6.07) is 0. The van der Waals surface area contributed by atoms with Crippen molar-refractivity contribution in [1.82, 2.24) is 10.2 Å². The van der Waals surface area contributed by atoms with Gasteiger partial charge in [0.25, 0.3) is 0 Å². The van der Waals surface area contributed by atoms with Gasteiger partial charge >= 0.3 is 0 Å². The summed E-state index contributed by atoms with van der Waals surface area (Å²) in [4.78, 5) is 14.0. The Morgan fingerprint density at radius 3 is 2.56 bits per heavy atom. The van der Waals surface area contributed by atoms with Crippen molar-refractivity contribution in [3.63, 3.8) is 0 Å². The van der Waals surface area contributed by atoms with Crippen LogP contribution in [-0.2, 0) is 14.3 Å². The summed E-state index contributed by atoms with van der Waals surface area (Å²) in [5.41, 5.74) is 0. The molecule has 0 atom stereocenters. The van der Waals surface area contributed by atoms with Gasteiger partial charge < -0.3 is 19.7 Å². The quantitative estimate of drug-likeness (QED) is 0.692. The zero-order valence-corrected chi connectivity index (χ0v) is 11.2. The minimum absolute atomic E-state index is 0.223. The number of amides is 1. The molecule has 0 aliphatic carbocycles. The lowest BCUT2D eigenvalue weighted by molar-refractivity contribution is -0.139. The van der Waals surface area contributed by atoms with E-state index >= 15 is 0 Å². The van der Waals surface area contributed by atoms with Crippen molar-refractivity contribution in [1.29, 1.82) is 0 Å². The monoisotopic (exact) mass is 256 g/mol. The number of likely N-dealkylation sites (tertiary alicyclic amines) is 1. The molecular weight excluding hydrogens is 232 g/mol. The van der Waals surface area contributed by atoms with Gasteiger partial charge in [0, 0.05) is 32.8 Å². The highest BCUT2D eigenvalue weighted by atomic mass is 16.5. The zero-order valence-electron chi connectivity index (χ0n) is 11.2. The molecular formula is C13H24N2O3. The van der Waals surface area contributed by atoms with Gasteiger partial charge in [-0.1, -0.05) is 0 Å². The van der Waals surface area contributed by atoms with Crippen LogP contribution in [0.5, 0.6) is 0 Å². The van der Waals surface area contributed by atoms with Crippen LogP contribution < -0.4 is 5.32 Å². The van der Waals surface area contributed by atoms with Crippen LogP contribution in [0.3, 0.4) is 0 Å². The third-order valence-electron chi connectivity index (χ3n) is 3.67. The van der Waals surface area contributed by atoms with E-state index in [-0.39, 0.29) is 5.92 Å². The predicted octanol–water partition coefficient (Wildman–Crippen LogP) is 0.250. The molecule has 0 unspecified atom stereocenters. The van der Waals surface area contributed by atoms with Crippen molar-refractivity contribution in [3.05, 3.63) is 0 Å². The molecule has 0 saturated carbocycles. The van der Waals surface area contributed by atoms with Crippen LogP contribution >= 0.6 is 0 Å². The van der Waals surface area contributed by atoms with E-state index in [4.69, 9.17) is 9.47 Å². The highest BCUT2D eigenvalue weighted by Crippen LogP contribution is 2.17. The first-order valence-corrected chi connectivity index (χ1v) is 7.00. The molecule has 2 rings (SSSR count). The van der Waals surface area contributed by atoms with Crippen molar-refractivity contribution in [2.75, 3.05) is 46.0 Å². The Morgan fingerprint density at radius 1 is 1.28 bits per heavy atom. The second kappa shape index (κ2) is 7.07. The number of piperidine rings is 1. The molecule has 0 radical (unpaired) electrons. The summed E-state index contributed by atoms with van der Waals surface area (Å²) in [6.07, 6.45) is 2.21. The van der Waals surface area contributed by atoms with Crippen molar-refractivity contribution in [2.24, 2.45) is 5.92 Å². The first kappa shape index (κ1) is 13.8. The van der Waals surface area contributed by atoms with E-state index in [1.54, 1.807) is 0 Å². The molecule has 1 amide bonds. The smallest absolute Gasteiger partial charge is 0.228 e. The highest BCUT2D eigenvalue weighted by Gasteiger charge is 2.31. The molecule has 5 heteroatoms. The van der Waals surface area contributed by atoms with Crippen molar-refractivity contribution >= 4 is 5.91 Å². The number of rotatable bonds is 6. The standard InChI is InChI=1S/C13H24N2O3/c1-2-17-7-8-18-12-3-5-15(6-4-12)13(16)11-9-14-10-11/h11-12,14H,2-10H2,1H3. The molecule has 2 saturated heterocycles. The highest BCUT2D eigenvalue weighted by molar-refractivity contribution is 5.80. The summed E-state index contributed by atoms with van der Waals surface area (Å²) in [5, 5.41) is 3.14. The molecule has 2 aliphatic rings. The normalized spacial score (nSPS) is 21.9. The number of ether oxygens (including phenoxy) is 2. The van der Waals surface area contributed by atoms with Gasteiger partial charge in [-0.3, -0.25) is 4.79 Å². The molecule has 104 valence electrons. The maximum absolute atomic E-state index is 12.0. The Labute approximate surface area is 109 Å². The van der Waals surface area contributed by atoms with E-state index in [1.807, 2.05) is 11.8 Å². The second-order valence-electron chi connectivity index (χ2n) is 4.95. The molecule has 0 aromatic heterocycles. The summed E-state index contributed by atoms with van der Waals surface area (Å²) >= 11 is 0. The van der Waals surface area contributed by atoms with Crippen LogP contribution in [0.15, 0.2) is 0 Å². The molecule has 2 heterocycles. The number of hydrogen-bond donors (Lipinski definition) is 1. The number of nitrogens with zero attached hydrogens (tertiary/aromatic N) is 1. The lowest BCUT2D eigenvalue weighted by Gasteiger charge is -2.36. The molecule has 18 heavy (non-hydrogen) atoms. The van der Waals surface area contributed by atoms with E-state index in [2.05, 4.69) is 5.32 Å². The van der Waals surface area contributed by atoms with Crippen LogP contribution in [0.1, 0.15) is 19.8 Å². The fourth-order valence-corrected chi connectivity index (χ4v) is 2.38. The maximum Gasteiger partial charge on any atom is 0.228 e. The third kappa shape index (κ3) is 3.67. The van der Waals surface area contributed by atoms with E-state index in [9.17, 15) is 4.79 Å². The number of carbonyl (C=O) groups excluding carboxylic acids is 1. The molecule has 0 bridgehead atoms. The van der Waals surface area contributed by atoms with E-state index in [0.717, 1.165) is 45.6 Å². The Kier molecular flexibility index (Phi) is 5.41. The first-order chi connectivity index (χ1) is 8.81. The Balaban J connectivity index is 1.60. The van der Waals surface area contributed by atoms with Crippen LogP contribution in [-0.4, -0.2) is 62.9 Å². The van der Waals surface area contributed by atoms with E-state index < -0.39 is 0 Å². The topological polar surface area (TPSA) is 50.8 Å². The van der Waals surface area contributed by atoms with Crippen molar-refractivity contribution in [3.8, 4) is 0 Å². The Hall–Kier alpha value is -0.650. The fourth-order valence-electron chi connectivity index (χ4n) is 2.38. The molecule has 0 aromatic carbocycles. The molecule has 5 nitrogen and oxygen atoms in total. The number of carbonyl (C=O) groups is 1. The summed E-state index contributed by atoms with van der Waals surface area (Å²) in [6.45, 7) is 7.45. The predicted molar refractivity (Wildman–Crippen MR) is 68.4 cm³/mol. The van der Waals surface area contributed by atoms with Crippen molar-refractivity contribution in [2.45, 2.75) is 25.9 Å². The largest absolute Gasteiger partial charge is 0.379 e. The van der Waals surface area contributed by atoms with Gasteiger partial charge in [0.2, 0.25) is 5.91 Å². The number of hydrogen-bond acceptors (Lipinski definition) is 4. The van der Waals surface area contributed by atoms with Gasteiger partial charge in [-0.15, -0.1) is 0 Å². The van der Waals surface area contributed by atoms with Gasteiger partial charge in [0.05, 0.1) is 25.2 Å². The molecule has 0 spiro atoms. The van der Waals surface area contributed by atoms with E-state index in [0.29, 0.717) is 25.2 Å². The Morgan fingerprint density at radius 2 is 2.00 bits per heavy atom. The SMILES string of the molecule is CCOCCOC1CCN(C(=O)C2CNC2)CC1. The third-order valence-corrected chi connectivity index (χ3v) is 3.67. The van der Waals surface area contributed by atoms with Crippen molar-refractivity contribution < 1.29 is 14.3 Å². The summed E-state index contributed by atoms with van der Waals surface area (Å²) in [7, 11) is 0. The van der Waals surface area contributed by atoms with Crippen LogP contribution in [0.2, 0.25) is 0 Å². The minimum Gasteiger partial charge on any atom is -0.379 e. The van der Waals surface area contributed by atoms with E-state index in [1.165, 1.54) is 0 Å². The fraction of sp³-hybridized carbons (Fsp3) is 0.923. The lowest BCUT2D eigenvalue weighted by Crippen LogP contribution is -2.54. The summed E-state index contributed by atoms with van der Waals surface area (Å²) in [5.74, 6) is 0.543. The molecule has 2 fully saturated rings. The van der Waals surface area contributed by atoms with Crippen LogP contribution in [0.4, 0.5) is 0 Å². The average molecular weight is 256 g/mol. The van der Waals surface area contributed by atoms with Crippen LogP contribution in [0.25, 0.3) is 0 Å². The van der Waals surface area contributed by atoms with Gasteiger partial charge in [-0.05, 0) is 19.8 Å². The van der Waals surface area contributed by atoms with Gasteiger partial charge in [0.1, 0.15) is 0 Å². The van der Waals surface area contributed by atoms with Gasteiger partial charge in [-0.25, -0.2) is 0 Å². The lowest BCUT2D eigenvalue weighted by atomic mass is 9.99. The average Bonchev–Trinajstić information content (AvgIpc) is 2.33. The first-order valence-electron chi connectivity index (χ1n) is 7.00. The maximum atomic E-state index is 12.0. The van der Waals surface area contributed by atoms with Crippen LogP contribution in [0, 0.1) is 5.92 Å².